The molecule has 1 aromatic rings. The Morgan fingerprint density at radius 1 is 1.58 bits per heavy atom. The molecule has 0 saturated heterocycles. The molecule has 2 atom stereocenters. The predicted molar refractivity (Wildman–Crippen MR) is 72.3 cm³/mol. The van der Waals surface area contributed by atoms with E-state index in [1.165, 1.54) is 6.07 Å². The van der Waals surface area contributed by atoms with E-state index < -0.39 is 11.6 Å². The molecule has 0 amide bonds. The molecule has 19 heavy (non-hydrogen) atoms. The molecule has 0 radical (unpaired) electrons. The van der Waals surface area contributed by atoms with Crippen molar-refractivity contribution in [1.29, 1.82) is 0 Å². The molecule has 2 unspecified atom stereocenters. The molecular weight excluding hydrogens is 244 g/mol. The number of carboxylic acid groups (broad SMARTS) is 1. The first kappa shape index (κ1) is 13.8. The van der Waals surface area contributed by atoms with E-state index in [1.54, 1.807) is 12.1 Å². The normalized spacial score (nSPS) is 26.9. The Hall–Kier alpha value is -1.62. The molecule has 1 heterocycles. The molecule has 1 aliphatic rings. The molecule has 104 valence electrons. The van der Waals surface area contributed by atoms with Crippen LogP contribution in [0.15, 0.2) is 18.2 Å². The van der Waals surface area contributed by atoms with Crippen molar-refractivity contribution in [2.75, 3.05) is 11.9 Å². The quantitative estimate of drug-likeness (QED) is 0.776. The van der Waals surface area contributed by atoms with Crippen molar-refractivity contribution in [3.63, 3.8) is 0 Å². The number of aliphatic hydroxyl groups is 1. The van der Waals surface area contributed by atoms with Crippen molar-refractivity contribution in [1.82, 2.24) is 4.98 Å². The lowest BCUT2D eigenvalue weighted by Gasteiger charge is -2.35. The van der Waals surface area contributed by atoms with Crippen LogP contribution in [-0.2, 0) is 0 Å². The van der Waals surface area contributed by atoms with Crippen LogP contribution in [0.2, 0.25) is 0 Å². The van der Waals surface area contributed by atoms with Gasteiger partial charge < -0.3 is 15.5 Å². The van der Waals surface area contributed by atoms with Crippen LogP contribution in [0.1, 0.15) is 43.1 Å². The Bertz CT molecular complexity index is 464. The second-order valence-corrected chi connectivity index (χ2v) is 5.49. The van der Waals surface area contributed by atoms with Crippen LogP contribution in [-0.4, -0.2) is 33.3 Å². The second kappa shape index (κ2) is 5.57. The summed E-state index contributed by atoms with van der Waals surface area (Å²) in [5, 5.41) is 22.4. The third kappa shape index (κ3) is 3.67. The molecule has 0 spiro atoms. The number of pyridine rings is 1. The van der Waals surface area contributed by atoms with Gasteiger partial charge in [-0.3, -0.25) is 0 Å². The molecule has 1 aliphatic carbocycles. The van der Waals surface area contributed by atoms with Crippen molar-refractivity contribution in [3.8, 4) is 0 Å². The van der Waals surface area contributed by atoms with Crippen molar-refractivity contribution in [3.05, 3.63) is 23.9 Å². The monoisotopic (exact) mass is 264 g/mol. The first-order valence-electron chi connectivity index (χ1n) is 6.65. The molecule has 5 heteroatoms. The van der Waals surface area contributed by atoms with Gasteiger partial charge in [0.1, 0.15) is 5.82 Å². The number of nitrogens with one attached hydrogen (secondary N) is 1. The summed E-state index contributed by atoms with van der Waals surface area (Å²) in [6, 6.07) is 4.80. The highest BCUT2D eigenvalue weighted by molar-refractivity contribution is 5.85. The second-order valence-electron chi connectivity index (χ2n) is 5.49. The smallest absolute Gasteiger partial charge is 0.354 e. The van der Waals surface area contributed by atoms with E-state index in [1.807, 2.05) is 0 Å². The first-order valence-corrected chi connectivity index (χ1v) is 6.65. The summed E-state index contributed by atoms with van der Waals surface area (Å²) in [5.41, 5.74) is -0.701. The van der Waals surface area contributed by atoms with Gasteiger partial charge in [0.25, 0.3) is 0 Å². The van der Waals surface area contributed by atoms with Gasteiger partial charge >= 0.3 is 5.97 Å². The summed E-state index contributed by atoms with van der Waals surface area (Å²) in [6.45, 7) is 2.56. The number of aromatic nitrogens is 1. The van der Waals surface area contributed by atoms with E-state index in [-0.39, 0.29) is 5.69 Å². The summed E-state index contributed by atoms with van der Waals surface area (Å²) in [5.74, 6) is -0.0286. The number of carbonyl (C=O) groups is 1. The molecule has 0 aromatic carbocycles. The van der Waals surface area contributed by atoms with Gasteiger partial charge in [0.15, 0.2) is 5.69 Å². The third-order valence-corrected chi connectivity index (χ3v) is 3.63. The van der Waals surface area contributed by atoms with Crippen molar-refractivity contribution in [2.45, 2.75) is 38.2 Å². The van der Waals surface area contributed by atoms with Gasteiger partial charge in [-0.25, -0.2) is 9.78 Å². The van der Waals surface area contributed by atoms with Crippen LogP contribution in [0.3, 0.4) is 0 Å². The van der Waals surface area contributed by atoms with Gasteiger partial charge in [0, 0.05) is 6.54 Å². The molecule has 5 nitrogen and oxygen atoms in total. The maximum atomic E-state index is 10.8. The Balaban J connectivity index is 1.98. The van der Waals surface area contributed by atoms with Crippen LogP contribution in [0, 0.1) is 5.92 Å². The Morgan fingerprint density at radius 2 is 2.37 bits per heavy atom. The number of nitrogens with zero attached hydrogens (tertiary/aromatic N) is 1. The molecule has 1 fully saturated rings. The summed E-state index contributed by atoms with van der Waals surface area (Å²) in [4.78, 5) is 14.8. The van der Waals surface area contributed by atoms with E-state index in [9.17, 15) is 9.90 Å². The average molecular weight is 264 g/mol. The lowest BCUT2D eigenvalue weighted by molar-refractivity contribution is -0.000827. The highest BCUT2D eigenvalue weighted by Crippen LogP contribution is 2.32. The van der Waals surface area contributed by atoms with Crippen molar-refractivity contribution >= 4 is 11.8 Å². The number of rotatable bonds is 4. The first-order chi connectivity index (χ1) is 8.98. The summed E-state index contributed by atoms with van der Waals surface area (Å²) in [6.07, 6.45) is 3.75. The molecule has 0 aliphatic heterocycles. The van der Waals surface area contributed by atoms with E-state index in [4.69, 9.17) is 5.11 Å². The predicted octanol–water partition coefficient (Wildman–Crippen LogP) is 2.13. The lowest BCUT2D eigenvalue weighted by Crippen LogP contribution is -2.41. The SMILES string of the molecule is CC1CCCC(O)(CNc2cccc(C(=O)O)n2)C1. The van der Waals surface area contributed by atoms with Crippen molar-refractivity contribution < 1.29 is 15.0 Å². The lowest BCUT2D eigenvalue weighted by atomic mass is 9.79. The zero-order valence-electron chi connectivity index (χ0n) is 11.1. The van der Waals surface area contributed by atoms with Crippen LogP contribution in [0.25, 0.3) is 0 Å². The minimum absolute atomic E-state index is 0.00834. The van der Waals surface area contributed by atoms with Gasteiger partial charge in [0.05, 0.1) is 5.60 Å². The zero-order valence-corrected chi connectivity index (χ0v) is 11.1. The molecule has 1 aromatic heterocycles. The van der Waals surface area contributed by atoms with Gasteiger partial charge in [-0.1, -0.05) is 25.8 Å². The van der Waals surface area contributed by atoms with Gasteiger partial charge in [-0.2, -0.15) is 0 Å². The molecule has 0 bridgehead atoms. The van der Waals surface area contributed by atoms with Gasteiger partial charge in [-0.05, 0) is 30.9 Å². The highest BCUT2D eigenvalue weighted by Gasteiger charge is 2.32. The maximum Gasteiger partial charge on any atom is 0.354 e. The minimum Gasteiger partial charge on any atom is -0.477 e. The van der Waals surface area contributed by atoms with Crippen LogP contribution in [0.5, 0.6) is 0 Å². The molecule has 3 N–H and O–H groups in total. The largest absolute Gasteiger partial charge is 0.477 e. The fourth-order valence-corrected chi connectivity index (χ4v) is 2.70. The Labute approximate surface area is 112 Å². The minimum atomic E-state index is -1.05. The number of anilines is 1. The number of carboxylic acids is 1. The fraction of sp³-hybridized carbons (Fsp3) is 0.571. The zero-order chi connectivity index (χ0) is 13.9. The average Bonchev–Trinajstić information content (AvgIpc) is 2.36. The van der Waals surface area contributed by atoms with E-state index in [0.717, 1.165) is 25.7 Å². The van der Waals surface area contributed by atoms with Crippen LogP contribution in [0.4, 0.5) is 5.82 Å². The number of hydrogen-bond acceptors (Lipinski definition) is 4. The topological polar surface area (TPSA) is 82.5 Å². The van der Waals surface area contributed by atoms with Gasteiger partial charge in [0.2, 0.25) is 0 Å². The van der Waals surface area contributed by atoms with Crippen molar-refractivity contribution in [2.24, 2.45) is 5.92 Å². The molecular formula is C14H20N2O3. The number of hydrogen-bond donors (Lipinski definition) is 3. The summed E-state index contributed by atoms with van der Waals surface area (Å²) >= 11 is 0. The Kier molecular flexibility index (Phi) is 4.04. The van der Waals surface area contributed by atoms with E-state index in [2.05, 4.69) is 17.2 Å². The number of aromatic carboxylic acids is 1. The summed E-state index contributed by atoms with van der Waals surface area (Å²) < 4.78 is 0. The van der Waals surface area contributed by atoms with Crippen LogP contribution >= 0.6 is 0 Å². The summed E-state index contributed by atoms with van der Waals surface area (Å²) in [7, 11) is 0. The molecule has 1 saturated carbocycles. The third-order valence-electron chi connectivity index (χ3n) is 3.63. The van der Waals surface area contributed by atoms with Crippen LogP contribution < -0.4 is 5.32 Å². The molecule has 2 rings (SSSR count). The van der Waals surface area contributed by atoms with E-state index in [0.29, 0.717) is 18.3 Å². The highest BCUT2D eigenvalue weighted by atomic mass is 16.4. The van der Waals surface area contributed by atoms with E-state index >= 15 is 0 Å². The fourth-order valence-electron chi connectivity index (χ4n) is 2.70. The van der Waals surface area contributed by atoms with Gasteiger partial charge in [-0.15, -0.1) is 0 Å². The Morgan fingerprint density at radius 3 is 3.05 bits per heavy atom. The standard InChI is InChI=1S/C14H20N2O3/c1-10-4-3-7-14(19,8-10)9-15-12-6-2-5-11(16-12)13(17)18/h2,5-6,10,19H,3-4,7-9H2,1H3,(H,15,16)(H,17,18). The maximum absolute atomic E-state index is 10.8.